The van der Waals surface area contributed by atoms with E-state index in [1.165, 1.54) is 6.07 Å². The van der Waals surface area contributed by atoms with Crippen molar-refractivity contribution in [3.63, 3.8) is 0 Å². The Hall–Kier alpha value is -1.49. The second-order valence-electron chi connectivity index (χ2n) is 5.69. The van der Waals surface area contributed by atoms with Crippen LogP contribution in [-0.2, 0) is 0 Å². The summed E-state index contributed by atoms with van der Waals surface area (Å²) < 4.78 is 26.8. The average molecular weight is 296 g/mol. The molecule has 116 valence electrons. The van der Waals surface area contributed by atoms with Crippen LogP contribution < -0.4 is 5.73 Å². The molecule has 0 bridgehead atoms. The molecule has 1 aromatic rings. The average Bonchev–Trinajstić information content (AvgIpc) is 2.45. The van der Waals surface area contributed by atoms with Gasteiger partial charge in [-0.25, -0.2) is 8.78 Å². The maximum Gasteiger partial charge on any atom is 0.257 e. The Kier molecular flexibility index (Phi) is 5.28. The van der Waals surface area contributed by atoms with E-state index in [9.17, 15) is 13.6 Å². The quantitative estimate of drug-likeness (QED) is 0.928. The molecule has 0 unspecified atom stereocenters. The maximum atomic E-state index is 13.8. The molecule has 1 aliphatic carbocycles. The number of carbonyl (C=O) groups excluding carboxylic acids is 1. The van der Waals surface area contributed by atoms with Gasteiger partial charge in [-0.2, -0.15) is 0 Å². The van der Waals surface area contributed by atoms with E-state index in [1.807, 2.05) is 6.92 Å². The summed E-state index contributed by atoms with van der Waals surface area (Å²) in [6.07, 6.45) is 4.25. The lowest BCUT2D eigenvalue weighted by Crippen LogP contribution is -2.44. The zero-order valence-electron chi connectivity index (χ0n) is 12.3. The van der Waals surface area contributed by atoms with Gasteiger partial charge in [0.15, 0.2) is 0 Å². The molecule has 0 heterocycles. The van der Waals surface area contributed by atoms with Crippen LogP contribution in [0.5, 0.6) is 0 Å². The van der Waals surface area contributed by atoms with Gasteiger partial charge in [-0.3, -0.25) is 4.79 Å². The molecular formula is C16H22F2N2O. The molecule has 0 atom stereocenters. The van der Waals surface area contributed by atoms with E-state index in [-0.39, 0.29) is 23.6 Å². The fourth-order valence-corrected chi connectivity index (χ4v) is 2.92. The molecule has 3 nitrogen and oxygen atoms in total. The molecule has 0 saturated heterocycles. The fourth-order valence-electron chi connectivity index (χ4n) is 2.92. The lowest BCUT2D eigenvalue weighted by molar-refractivity contribution is 0.0622. The van der Waals surface area contributed by atoms with Crippen LogP contribution in [0.25, 0.3) is 0 Å². The Morgan fingerprint density at radius 2 is 1.95 bits per heavy atom. The van der Waals surface area contributed by atoms with Crippen molar-refractivity contribution in [2.24, 2.45) is 5.73 Å². The SMILES string of the molecule is CCCN(C(=O)c1ccc(F)cc1F)C1CCC(N)CC1. The van der Waals surface area contributed by atoms with Gasteiger partial charge in [0.05, 0.1) is 5.56 Å². The molecule has 1 saturated carbocycles. The second kappa shape index (κ2) is 6.98. The summed E-state index contributed by atoms with van der Waals surface area (Å²) in [7, 11) is 0. The number of nitrogens with zero attached hydrogens (tertiary/aromatic N) is 1. The Morgan fingerprint density at radius 1 is 1.29 bits per heavy atom. The van der Waals surface area contributed by atoms with Crippen molar-refractivity contribution < 1.29 is 13.6 Å². The van der Waals surface area contributed by atoms with Crippen molar-refractivity contribution in [3.05, 3.63) is 35.4 Å². The number of carbonyl (C=O) groups is 1. The normalized spacial score (nSPS) is 22.1. The molecule has 0 aromatic heterocycles. The monoisotopic (exact) mass is 296 g/mol. The predicted octanol–water partition coefficient (Wildman–Crippen LogP) is 3.09. The van der Waals surface area contributed by atoms with E-state index in [1.54, 1.807) is 4.90 Å². The van der Waals surface area contributed by atoms with Crippen LogP contribution >= 0.6 is 0 Å². The highest BCUT2D eigenvalue weighted by atomic mass is 19.1. The van der Waals surface area contributed by atoms with Gasteiger partial charge in [0.2, 0.25) is 0 Å². The van der Waals surface area contributed by atoms with Crippen LogP contribution in [0.2, 0.25) is 0 Å². The van der Waals surface area contributed by atoms with E-state index >= 15 is 0 Å². The third-order valence-corrected chi connectivity index (χ3v) is 4.07. The van der Waals surface area contributed by atoms with Crippen LogP contribution in [0, 0.1) is 11.6 Å². The summed E-state index contributed by atoms with van der Waals surface area (Å²) in [4.78, 5) is 14.3. The van der Waals surface area contributed by atoms with Crippen molar-refractivity contribution in [3.8, 4) is 0 Å². The molecule has 1 aromatic carbocycles. The zero-order valence-corrected chi connectivity index (χ0v) is 12.3. The van der Waals surface area contributed by atoms with Crippen molar-refractivity contribution in [1.82, 2.24) is 4.90 Å². The first-order valence-corrected chi connectivity index (χ1v) is 7.54. The Morgan fingerprint density at radius 3 is 2.52 bits per heavy atom. The van der Waals surface area contributed by atoms with Crippen LogP contribution in [-0.4, -0.2) is 29.4 Å². The molecule has 2 rings (SSSR count). The largest absolute Gasteiger partial charge is 0.336 e. The topological polar surface area (TPSA) is 46.3 Å². The van der Waals surface area contributed by atoms with E-state index < -0.39 is 11.6 Å². The van der Waals surface area contributed by atoms with Crippen molar-refractivity contribution in [2.45, 2.75) is 51.1 Å². The van der Waals surface area contributed by atoms with Gasteiger partial charge in [0.25, 0.3) is 5.91 Å². The second-order valence-corrected chi connectivity index (χ2v) is 5.69. The first kappa shape index (κ1) is 15.9. The zero-order chi connectivity index (χ0) is 15.4. The van der Waals surface area contributed by atoms with Gasteiger partial charge in [0.1, 0.15) is 11.6 Å². The minimum Gasteiger partial charge on any atom is -0.336 e. The maximum absolute atomic E-state index is 13.8. The van der Waals surface area contributed by atoms with Gasteiger partial charge in [-0.15, -0.1) is 0 Å². The summed E-state index contributed by atoms with van der Waals surface area (Å²) in [5.74, 6) is -1.82. The van der Waals surface area contributed by atoms with E-state index in [4.69, 9.17) is 5.73 Å². The van der Waals surface area contributed by atoms with E-state index in [2.05, 4.69) is 0 Å². The van der Waals surface area contributed by atoms with Crippen molar-refractivity contribution in [2.75, 3.05) is 6.54 Å². The van der Waals surface area contributed by atoms with Gasteiger partial charge in [-0.05, 0) is 44.2 Å². The molecular weight excluding hydrogens is 274 g/mol. The van der Waals surface area contributed by atoms with Crippen molar-refractivity contribution >= 4 is 5.91 Å². The summed E-state index contributed by atoms with van der Waals surface area (Å²) >= 11 is 0. The summed E-state index contributed by atoms with van der Waals surface area (Å²) in [6.45, 7) is 2.56. The third-order valence-electron chi connectivity index (χ3n) is 4.07. The number of hydrogen-bond donors (Lipinski definition) is 1. The first-order valence-electron chi connectivity index (χ1n) is 7.54. The summed E-state index contributed by atoms with van der Waals surface area (Å²) in [5, 5.41) is 0. The van der Waals surface area contributed by atoms with Gasteiger partial charge < -0.3 is 10.6 Å². The number of benzene rings is 1. The standard InChI is InChI=1S/C16H22F2N2O/c1-2-9-20(13-6-4-12(19)5-7-13)16(21)14-8-3-11(17)10-15(14)18/h3,8,10,12-13H,2,4-7,9,19H2,1H3. The first-order chi connectivity index (χ1) is 10.0. The van der Waals surface area contributed by atoms with E-state index in [0.29, 0.717) is 6.54 Å². The van der Waals surface area contributed by atoms with Crippen LogP contribution in [0.15, 0.2) is 18.2 Å². The Labute approximate surface area is 124 Å². The minimum absolute atomic E-state index is 0.0558. The molecule has 1 amide bonds. The molecule has 21 heavy (non-hydrogen) atoms. The van der Waals surface area contributed by atoms with Gasteiger partial charge in [0, 0.05) is 24.7 Å². The van der Waals surface area contributed by atoms with Crippen molar-refractivity contribution in [1.29, 1.82) is 0 Å². The highest BCUT2D eigenvalue weighted by Crippen LogP contribution is 2.24. The summed E-state index contributed by atoms with van der Waals surface area (Å²) in [6, 6.07) is 3.40. The lowest BCUT2D eigenvalue weighted by atomic mass is 9.90. The highest BCUT2D eigenvalue weighted by molar-refractivity contribution is 5.94. The molecule has 1 fully saturated rings. The predicted molar refractivity (Wildman–Crippen MR) is 77.9 cm³/mol. The lowest BCUT2D eigenvalue weighted by Gasteiger charge is -2.36. The molecule has 0 spiro atoms. The fraction of sp³-hybridized carbons (Fsp3) is 0.562. The summed E-state index contributed by atoms with van der Waals surface area (Å²) in [5.41, 5.74) is 5.84. The highest BCUT2D eigenvalue weighted by Gasteiger charge is 2.29. The molecule has 5 heteroatoms. The van der Waals surface area contributed by atoms with Crippen LogP contribution in [0.1, 0.15) is 49.4 Å². The molecule has 0 aliphatic heterocycles. The van der Waals surface area contributed by atoms with Gasteiger partial charge >= 0.3 is 0 Å². The van der Waals surface area contributed by atoms with Gasteiger partial charge in [-0.1, -0.05) is 6.92 Å². The molecule has 1 aliphatic rings. The molecule has 0 radical (unpaired) electrons. The Balaban J connectivity index is 2.18. The van der Waals surface area contributed by atoms with Crippen LogP contribution in [0.3, 0.4) is 0 Å². The Bertz CT molecular complexity index is 499. The minimum atomic E-state index is -0.798. The molecule has 2 N–H and O–H groups in total. The number of hydrogen-bond acceptors (Lipinski definition) is 2. The number of halogens is 2. The number of nitrogens with two attached hydrogens (primary N) is 1. The number of amides is 1. The smallest absolute Gasteiger partial charge is 0.257 e. The van der Waals surface area contributed by atoms with Crippen LogP contribution in [0.4, 0.5) is 8.78 Å². The third kappa shape index (κ3) is 3.79. The van der Waals surface area contributed by atoms with E-state index in [0.717, 1.165) is 44.2 Å². The number of rotatable bonds is 4.